The number of likely N-dealkylation sites (N-methyl/N-ethyl adjacent to an activating group) is 1. The van der Waals surface area contributed by atoms with E-state index in [0.29, 0.717) is 12.0 Å². The maximum absolute atomic E-state index is 12.8. The highest BCUT2D eigenvalue weighted by molar-refractivity contribution is 5.97. The van der Waals surface area contributed by atoms with E-state index in [0.717, 1.165) is 31.7 Å². The zero-order valence-electron chi connectivity index (χ0n) is 15.5. The summed E-state index contributed by atoms with van der Waals surface area (Å²) in [5, 5.41) is 0. The molecule has 0 aliphatic carbocycles. The molecule has 1 saturated heterocycles. The van der Waals surface area contributed by atoms with Gasteiger partial charge < -0.3 is 9.80 Å². The van der Waals surface area contributed by atoms with Crippen LogP contribution in [0.3, 0.4) is 0 Å². The van der Waals surface area contributed by atoms with Crippen LogP contribution in [0.2, 0.25) is 0 Å². The molecular weight excluding hydrogens is 300 g/mol. The summed E-state index contributed by atoms with van der Waals surface area (Å²) < 4.78 is 0. The van der Waals surface area contributed by atoms with Gasteiger partial charge in [-0.25, -0.2) is 0 Å². The van der Waals surface area contributed by atoms with Crippen LogP contribution >= 0.6 is 0 Å². The number of rotatable bonds is 6. The molecule has 2 rings (SSSR count). The molecule has 4 nitrogen and oxygen atoms in total. The molecule has 1 aromatic carbocycles. The van der Waals surface area contributed by atoms with Crippen LogP contribution in [0.4, 0.5) is 0 Å². The van der Waals surface area contributed by atoms with Gasteiger partial charge in [0.05, 0.1) is 0 Å². The van der Waals surface area contributed by atoms with Crippen molar-refractivity contribution >= 4 is 11.7 Å². The fraction of sp³-hybridized carbons (Fsp3) is 0.600. The van der Waals surface area contributed by atoms with Crippen molar-refractivity contribution in [3.05, 3.63) is 35.4 Å². The van der Waals surface area contributed by atoms with Gasteiger partial charge in [0.15, 0.2) is 0 Å². The lowest BCUT2D eigenvalue weighted by Gasteiger charge is -2.23. The average molecular weight is 330 g/mol. The molecule has 0 radical (unpaired) electrons. The summed E-state index contributed by atoms with van der Waals surface area (Å²) in [6.07, 6.45) is 2.83. The van der Waals surface area contributed by atoms with E-state index >= 15 is 0 Å². The third-order valence-corrected chi connectivity index (χ3v) is 4.73. The molecule has 0 atom stereocenters. The van der Waals surface area contributed by atoms with Crippen molar-refractivity contribution in [2.24, 2.45) is 5.41 Å². The minimum atomic E-state index is -0.391. The Morgan fingerprint density at radius 3 is 2.38 bits per heavy atom. The standard InChI is InChI=1S/C20H30N2O2/c1-20(2,3)18(23)15-16-9-5-6-10-17(16)19(24)21(4)13-14-22-11-7-8-12-22/h5-6,9-10H,7-8,11-15H2,1-4H3. The molecule has 1 fully saturated rings. The first-order valence-electron chi connectivity index (χ1n) is 8.88. The second kappa shape index (κ2) is 7.93. The number of benzene rings is 1. The molecule has 1 aliphatic heterocycles. The quantitative estimate of drug-likeness (QED) is 0.805. The molecule has 0 N–H and O–H groups in total. The Balaban J connectivity index is 2.04. The molecule has 1 aromatic rings. The first-order valence-corrected chi connectivity index (χ1v) is 8.88. The molecule has 0 saturated carbocycles. The molecule has 24 heavy (non-hydrogen) atoms. The van der Waals surface area contributed by atoms with Gasteiger partial charge in [-0.3, -0.25) is 9.59 Å². The number of amides is 1. The largest absolute Gasteiger partial charge is 0.340 e. The Hall–Kier alpha value is -1.68. The monoisotopic (exact) mass is 330 g/mol. The Kier molecular flexibility index (Phi) is 6.16. The minimum Gasteiger partial charge on any atom is -0.340 e. The smallest absolute Gasteiger partial charge is 0.253 e. The van der Waals surface area contributed by atoms with E-state index in [1.165, 1.54) is 12.8 Å². The Bertz CT molecular complexity index is 584. The maximum Gasteiger partial charge on any atom is 0.253 e. The van der Waals surface area contributed by atoms with Crippen LogP contribution < -0.4 is 0 Å². The average Bonchev–Trinajstić information content (AvgIpc) is 3.05. The molecule has 0 unspecified atom stereocenters. The normalized spacial score (nSPS) is 15.5. The van der Waals surface area contributed by atoms with Crippen LogP contribution in [0.1, 0.15) is 49.5 Å². The predicted octanol–water partition coefficient (Wildman–Crippen LogP) is 3.01. The van der Waals surface area contributed by atoms with Gasteiger partial charge in [0.25, 0.3) is 5.91 Å². The number of carbonyl (C=O) groups excluding carboxylic acids is 2. The molecule has 1 amide bonds. The zero-order chi connectivity index (χ0) is 17.7. The van der Waals surface area contributed by atoms with E-state index < -0.39 is 5.41 Å². The summed E-state index contributed by atoms with van der Waals surface area (Å²) in [7, 11) is 1.85. The van der Waals surface area contributed by atoms with Gasteiger partial charge in [0.1, 0.15) is 5.78 Å². The van der Waals surface area contributed by atoms with E-state index in [1.54, 1.807) is 4.90 Å². The first-order chi connectivity index (χ1) is 11.3. The van der Waals surface area contributed by atoms with Gasteiger partial charge in [-0.15, -0.1) is 0 Å². The van der Waals surface area contributed by atoms with E-state index in [9.17, 15) is 9.59 Å². The molecule has 1 aliphatic rings. The van der Waals surface area contributed by atoms with Crippen LogP contribution in [-0.2, 0) is 11.2 Å². The minimum absolute atomic E-state index is 0.00602. The fourth-order valence-corrected chi connectivity index (χ4v) is 2.93. The molecule has 132 valence electrons. The summed E-state index contributed by atoms with van der Waals surface area (Å²) in [6, 6.07) is 7.49. The summed E-state index contributed by atoms with van der Waals surface area (Å²) in [6.45, 7) is 9.68. The van der Waals surface area contributed by atoms with Crippen molar-refractivity contribution in [1.29, 1.82) is 0 Å². The summed E-state index contributed by atoms with van der Waals surface area (Å²) in [5.41, 5.74) is 1.09. The van der Waals surface area contributed by atoms with Crippen molar-refractivity contribution in [3.63, 3.8) is 0 Å². The van der Waals surface area contributed by atoms with Gasteiger partial charge in [0, 0.05) is 37.5 Å². The van der Waals surface area contributed by atoms with Crippen LogP contribution in [-0.4, -0.2) is 54.7 Å². The SMILES string of the molecule is CN(CCN1CCCC1)C(=O)c1ccccc1CC(=O)C(C)(C)C. The van der Waals surface area contributed by atoms with Crippen LogP contribution in [0.25, 0.3) is 0 Å². The number of hydrogen-bond acceptors (Lipinski definition) is 3. The van der Waals surface area contributed by atoms with Crippen molar-refractivity contribution in [2.75, 3.05) is 33.2 Å². The summed E-state index contributed by atoms with van der Waals surface area (Å²) in [5.74, 6) is 0.161. The van der Waals surface area contributed by atoms with E-state index in [2.05, 4.69) is 4.90 Å². The lowest BCUT2D eigenvalue weighted by atomic mass is 9.86. The molecule has 0 bridgehead atoms. The lowest BCUT2D eigenvalue weighted by molar-refractivity contribution is -0.125. The van der Waals surface area contributed by atoms with Crippen LogP contribution in [0.15, 0.2) is 24.3 Å². The number of Topliss-reactive ketones (excluding diaryl/α,β-unsaturated/α-hetero) is 1. The number of likely N-dealkylation sites (tertiary alicyclic amines) is 1. The van der Waals surface area contributed by atoms with Gasteiger partial charge in [-0.2, -0.15) is 0 Å². The molecular formula is C20H30N2O2. The van der Waals surface area contributed by atoms with E-state index in [1.807, 2.05) is 52.1 Å². The van der Waals surface area contributed by atoms with E-state index in [-0.39, 0.29) is 11.7 Å². The van der Waals surface area contributed by atoms with E-state index in [4.69, 9.17) is 0 Å². The Morgan fingerprint density at radius 2 is 1.75 bits per heavy atom. The predicted molar refractivity (Wildman–Crippen MR) is 97.2 cm³/mol. The third-order valence-electron chi connectivity index (χ3n) is 4.73. The molecule has 0 aromatic heterocycles. The summed E-state index contributed by atoms with van der Waals surface area (Å²) in [4.78, 5) is 29.3. The third kappa shape index (κ3) is 4.91. The highest BCUT2D eigenvalue weighted by Crippen LogP contribution is 2.20. The Labute approximate surface area is 145 Å². The maximum atomic E-state index is 12.8. The first kappa shape index (κ1) is 18.7. The molecule has 1 heterocycles. The van der Waals surface area contributed by atoms with Crippen LogP contribution in [0.5, 0.6) is 0 Å². The van der Waals surface area contributed by atoms with Crippen molar-refractivity contribution in [3.8, 4) is 0 Å². The molecule has 0 spiro atoms. The highest BCUT2D eigenvalue weighted by Gasteiger charge is 2.24. The number of hydrogen-bond donors (Lipinski definition) is 0. The van der Waals surface area contributed by atoms with Crippen molar-refractivity contribution in [1.82, 2.24) is 9.80 Å². The van der Waals surface area contributed by atoms with Crippen molar-refractivity contribution < 1.29 is 9.59 Å². The zero-order valence-corrected chi connectivity index (χ0v) is 15.5. The van der Waals surface area contributed by atoms with Gasteiger partial charge in [0.2, 0.25) is 0 Å². The summed E-state index contributed by atoms with van der Waals surface area (Å²) >= 11 is 0. The Morgan fingerprint density at radius 1 is 1.12 bits per heavy atom. The topological polar surface area (TPSA) is 40.6 Å². The van der Waals surface area contributed by atoms with Gasteiger partial charge in [-0.1, -0.05) is 39.0 Å². The number of ketones is 1. The van der Waals surface area contributed by atoms with Crippen LogP contribution in [0, 0.1) is 5.41 Å². The number of carbonyl (C=O) groups is 2. The molecule has 4 heteroatoms. The lowest BCUT2D eigenvalue weighted by Crippen LogP contribution is -2.35. The second-order valence-electron chi connectivity index (χ2n) is 7.78. The highest BCUT2D eigenvalue weighted by atomic mass is 16.2. The fourth-order valence-electron chi connectivity index (χ4n) is 2.93. The van der Waals surface area contributed by atoms with Gasteiger partial charge in [-0.05, 0) is 37.6 Å². The van der Waals surface area contributed by atoms with Crippen molar-refractivity contribution in [2.45, 2.75) is 40.0 Å². The second-order valence-corrected chi connectivity index (χ2v) is 7.78. The number of nitrogens with zero attached hydrogens (tertiary/aromatic N) is 2. The van der Waals surface area contributed by atoms with Gasteiger partial charge >= 0.3 is 0 Å².